The smallest absolute Gasteiger partial charge is 0.247 e. The molecule has 1 aromatic rings. The zero-order valence-corrected chi connectivity index (χ0v) is 26.1. The van der Waals surface area contributed by atoms with E-state index in [1.807, 2.05) is 62.9 Å². The molecule has 7 atom stereocenters. The fourth-order valence-corrected chi connectivity index (χ4v) is 9.85. The van der Waals surface area contributed by atoms with Crippen molar-refractivity contribution in [3.8, 4) is 0 Å². The Hall–Kier alpha value is -2.58. The van der Waals surface area contributed by atoms with Crippen LogP contribution in [0.5, 0.6) is 0 Å². The Morgan fingerprint density at radius 2 is 1.83 bits per heavy atom. The second-order valence-electron chi connectivity index (χ2n) is 12.8. The van der Waals surface area contributed by atoms with Crippen molar-refractivity contribution in [3.05, 3.63) is 61.2 Å². The zero-order valence-electron chi connectivity index (χ0n) is 25.3. The molecule has 3 heterocycles. The number of amides is 3. The normalized spacial score (nSPS) is 29.3. The topological polar surface area (TPSA) is 81.2 Å². The summed E-state index contributed by atoms with van der Waals surface area (Å²) in [5.74, 6) is -1.41. The molecule has 0 aromatic heterocycles. The number of aliphatic hydroxyl groups is 1. The minimum absolute atomic E-state index is 0.0215. The second kappa shape index (κ2) is 12.3. The lowest BCUT2D eigenvalue weighted by Crippen LogP contribution is -2.62. The third kappa shape index (κ3) is 5.38. The third-order valence-corrected chi connectivity index (χ3v) is 11.2. The number of hydrogen-bond acceptors (Lipinski definition) is 5. The SMILES string of the molecule is C=CCN(CCC)C(=O)[C@@H]1[C@H]2C(=O)N([C@@H](CO)Cc3ccccc3)C(C(=O)N(CC=C)C(C)(C)C)C23S[C@@H]1CC3C. The summed E-state index contributed by atoms with van der Waals surface area (Å²) in [5.41, 5.74) is 0.474. The van der Waals surface area contributed by atoms with Gasteiger partial charge in [0.15, 0.2) is 0 Å². The van der Waals surface area contributed by atoms with E-state index in [0.29, 0.717) is 26.1 Å². The molecule has 0 saturated carbocycles. The van der Waals surface area contributed by atoms with Crippen molar-refractivity contribution in [2.75, 3.05) is 26.2 Å². The van der Waals surface area contributed by atoms with Gasteiger partial charge >= 0.3 is 0 Å². The maximum Gasteiger partial charge on any atom is 0.247 e. The number of thioether (sulfide) groups is 1. The summed E-state index contributed by atoms with van der Waals surface area (Å²) in [4.78, 5) is 49.0. The van der Waals surface area contributed by atoms with Crippen LogP contribution in [0.25, 0.3) is 0 Å². The molecule has 0 radical (unpaired) electrons. The third-order valence-electron chi connectivity index (χ3n) is 9.16. The molecule has 1 N–H and O–H groups in total. The van der Waals surface area contributed by atoms with Crippen molar-refractivity contribution in [2.24, 2.45) is 17.8 Å². The number of carbonyl (C=O) groups is 3. The van der Waals surface area contributed by atoms with Gasteiger partial charge < -0.3 is 19.8 Å². The minimum Gasteiger partial charge on any atom is -0.394 e. The highest BCUT2D eigenvalue weighted by atomic mass is 32.2. The number of fused-ring (bicyclic) bond motifs is 1. The van der Waals surface area contributed by atoms with Gasteiger partial charge in [0.2, 0.25) is 17.7 Å². The summed E-state index contributed by atoms with van der Waals surface area (Å²) >= 11 is 1.68. The summed E-state index contributed by atoms with van der Waals surface area (Å²) < 4.78 is -0.750. The fraction of sp³-hybridized carbons (Fsp3) is 0.606. The highest BCUT2D eigenvalue weighted by Gasteiger charge is 2.77. The van der Waals surface area contributed by atoms with E-state index in [-0.39, 0.29) is 35.5 Å². The van der Waals surface area contributed by atoms with E-state index >= 15 is 0 Å². The lowest BCUT2D eigenvalue weighted by atomic mass is 9.65. The first-order chi connectivity index (χ1) is 19.5. The van der Waals surface area contributed by atoms with Crippen LogP contribution in [-0.2, 0) is 20.8 Å². The molecule has 8 heteroatoms. The highest BCUT2D eigenvalue weighted by Crippen LogP contribution is 2.69. The first-order valence-corrected chi connectivity index (χ1v) is 15.8. The Bertz CT molecular complexity index is 1150. The first-order valence-electron chi connectivity index (χ1n) is 14.9. The van der Waals surface area contributed by atoms with Crippen LogP contribution in [0.3, 0.4) is 0 Å². The molecule has 3 aliphatic heterocycles. The average Bonchev–Trinajstić information content (AvgIpc) is 3.53. The number of likely N-dealkylation sites (tertiary alicyclic amines) is 1. The Morgan fingerprint density at radius 1 is 1.17 bits per heavy atom. The van der Waals surface area contributed by atoms with Gasteiger partial charge in [0.25, 0.3) is 0 Å². The van der Waals surface area contributed by atoms with Gasteiger partial charge in [-0.2, -0.15) is 0 Å². The summed E-state index contributed by atoms with van der Waals surface area (Å²) in [6.07, 6.45) is 5.46. The molecule has 0 aliphatic carbocycles. The van der Waals surface area contributed by atoms with Crippen LogP contribution >= 0.6 is 11.8 Å². The van der Waals surface area contributed by atoms with Gasteiger partial charge in [0.1, 0.15) is 6.04 Å². The monoisotopic (exact) mass is 581 g/mol. The van der Waals surface area contributed by atoms with Crippen molar-refractivity contribution < 1.29 is 19.5 Å². The van der Waals surface area contributed by atoms with Crippen LogP contribution in [0.15, 0.2) is 55.6 Å². The van der Waals surface area contributed by atoms with Crippen molar-refractivity contribution in [2.45, 2.75) is 81.5 Å². The molecule has 3 fully saturated rings. The average molecular weight is 582 g/mol. The number of aliphatic hydroxyl groups excluding tert-OH is 1. The van der Waals surface area contributed by atoms with Gasteiger partial charge in [-0.1, -0.05) is 56.3 Å². The van der Waals surface area contributed by atoms with Crippen molar-refractivity contribution in [3.63, 3.8) is 0 Å². The molecule has 224 valence electrons. The van der Waals surface area contributed by atoms with E-state index in [0.717, 1.165) is 18.4 Å². The van der Waals surface area contributed by atoms with Crippen LogP contribution in [0.1, 0.15) is 53.0 Å². The molecule has 7 nitrogen and oxygen atoms in total. The Labute approximate surface area is 250 Å². The maximum atomic E-state index is 14.8. The predicted octanol–water partition coefficient (Wildman–Crippen LogP) is 4.16. The van der Waals surface area contributed by atoms with Gasteiger partial charge in [0.05, 0.1) is 29.2 Å². The van der Waals surface area contributed by atoms with Gasteiger partial charge in [-0.05, 0) is 51.5 Å². The molecular weight excluding hydrogens is 534 g/mol. The molecule has 41 heavy (non-hydrogen) atoms. The largest absolute Gasteiger partial charge is 0.394 e. The number of hydrogen-bond donors (Lipinski definition) is 1. The maximum absolute atomic E-state index is 14.8. The molecule has 3 unspecified atom stereocenters. The molecule has 1 spiro atoms. The van der Waals surface area contributed by atoms with E-state index in [2.05, 4.69) is 20.1 Å². The van der Waals surface area contributed by atoms with Crippen molar-refractivity contribution in [1.82, 2.24) is 14.7 Å². The summed E-state index contributed by atoms with van der Waals surface area (Å²) in [6.45, 7) is 19.0. The Balaban J connectivity index is 1.85. The lowest BCUT2D eigenvalue weighted by Gasteiger charge is -2.45. The van der Waals surface area contributed by atoms with Gasteiger partial charge in [-0.15, -0.1) is 24.9 Å². The van der Waals surface area contributed by atoms with Crippen LogP contribution in [0.2, 0.25) is 0 Å². The molecule has 4 rings (SSSR count). The van der Waals surface area contributed by atoms with Gasteiger partial charge in [-0.3, -0.25) is 14.4 Å². The number of rotatable bonds is 12. The van der Waals surface area contributed by atoms with E-state index in [9.17, 15) is 19.5 Å². The van der Waals surface area contributed by atoms with Gasteiger partial charge in [-0.25, -0.2) is 0 Å². The number of nitrogens with zero attached hydrogens (tertiary/aromatic N) is 3. The van der Waals surface area contributed by atoms with Crippen LogP contribution in [0.4, 0.5) is 0 Å². The van der Waals surface area contributed by atoms with E-state index in [1.54, 1.807) is 33.7 Å². The van der Waals surface area contributed by atoms with Gasteiger partial charge in [0, 0.05) is 30.4 Å². The Kier molecular flexibility index (Phi) is 9.44. The summed E-state index contributed by atoms with van der Waals surface area (Å²) in [7, 11) is 0. The Morgan fingerprint density at radius 3 is 2.39 bits per heavy atom. The fourth-order valence-electron chi connectivity index (χ4n) is 7.45. The number of benzene rings is 1. The standard InChI is InChI=1S/C33H47N3O4S/c1-8-16-34(17-9-2)29(38)26-25-19-22(4)33(41-25)27(26)30(39)36(24(21-37)20-23-14-12-11-13-15-23)28(33)31(40)35(18-10-3)32(5,6)7/h8,10-15,22,24-28,37H,1,3,9,16-21H2,2,4-7H3/t22?,24-,25-,26+,27+,28?,33?/m1/s1. The summed E-state index contributed by atoms with van der Waals surface area (Å²) in [5, 5.41) is 10.7. The summed E-state index contributed by atoms with van der Waals surface area (Å²) in [6, 6.07) is 8.38. The lowest BCUT2D eigenvalue weighted by molar-refractivity contribution is -0.148. The van der Waals surface area contributed by atoms with Crippen molar-refractivity contribution >= 4 is 29.5 Å². The molecule has 3 aliphatic rings. The van der Waals surface area contributed by atoms with E-state index in [4.69, 9.17) is 0 Å². The number of carbonyl (C=O) groups excluding carboxylic acids is 3. The highest BCUT2D eigenvalue weighted by molar-refractivity contribution is 8.02. The van der Waals surface area contributed by atoms with Crippen LogP contribution in [-0.4, -0.2) is 91.4 Å². The molecule has 2 bridgehead atoms. The van der Waals surface area contributed by atoms with E-state index < -0.39 is 34.2 Å². The zero-order chi connectivity index (χ0) is 30.1. The second-order valence-corrected chi connectivity index (χ2v) is 14.4. The van der Waals surface area contributed by atoms with E-state index in [1.165, 1.54) is 0 Å². The molecular formula is C33H47N3O4S. The molecule has 3 saturated heterocycles. The molecule has 1 aromatic carbocycles. The van der Waals surface area contributed by atoms with Crippen molar-refractivity contribution in [1.29, 1.82) is 0 Å². The van der Waals surface area contributed by atoms with Crippen LogP contribution in [0, 0.1) is 17.8 Å². The van der Waals surface area contributed by atoms with Crippen LogP contribution < -0.4 is 0 Å². The molecule has 3 amide bonds. The minimum atomic E-state index is -0.790. The first kappa shape index (κ1) is 31.4. The quantitative estimate of drug-likeness (QED) is 0.375. The predicted molar refractivity (Wildman–Crippen MR) is 165 cm³/mol.